The van der Waals surface area contributed by atoms with Crippen LogP contribution < -0.4 is 5.32 Å². The monoisotopic (exact) mass is 237 g/mol. The highest BCUT2D eigenvalue weighted by Gasteiger charge is 2.06. The lowest BCUT2D eigenvalue weighted by atomic mass is 10.2. The molecule has 1 rings (SSSR count). The van der Waals surface area contributed by atoms with E-state index in [9.17, 15) is 0 Å². The third kappa shape index (κ3) is 4.18. The Bertz CT molecular complexity index is 323. The van der Waals surface area contributed by atoms with Gasteiger partial charge in [-0.15, -0.1) is 11.8 Å². The van der Waals surface area contributed by atoms with Gasteiger partial charge in [-0.25, -0.2) is 0 Å². The Morgan fingerprint density at radius 1 is 1.25 bits per heavy atom. The topological polar surface area (TPSA) is 12.0 Å². The van der Waals surface area contributed by atoms with Crippen molar-refractivity contribution < 1.29 is 0 Å². The molecule has 1 aromatic rings. The summed E-state index contributed by atoms with van der Waals surface area (Å²) in [6.45, 7) is 9.82. The van der Waals surface area contributed by atoms with Crippen molar-refractivity contribution in [1.29, 1.82) is 0 Å². The molecule has 1 atom stereocenters. The van der Waals surface area contributed by atoms with Crippen molar-refractivity contribution in [1.82, 2.24) is 5.32 Å². The summed E-state index contributed by atoms with van der Waals surface area (Å²) in [5.74, 6) is 1.16. The molecule has 2 heteroatoms. The van der Waals surface area contributed by atoms with Crippen LogP contribution in [0.5, 0.6) is 0 Å². The summed E-state index contributed by atoms with van der Waals surface area (Å²) in [5.41, 5.74) is 2.75. The van der Waals surface area contributed by atoms with Crippen LogP contribution in [0.1, 0.15) is 31.4 Å². The van der Waals surface area contributed by atoms with Gasteiger partial charge in [0.15, 0.2) is 0 Å². The van der Waals surface area contributed by atoms with Gasteiger partial charge in [0.2, 0.25) is 0 Å². The zero-order valence-corrected chi connectivity index (χ0v) is 11.7. The number of hydrogen-bond acceptors (Lipinski definition) is 2. The minimum Gasteiger partial charge on any atom is -0.313 e. The van der Waals surface area contributed by atoms with Gasteiger partial charge < -0.3 is 5.32 Å². The van der Waals surface area contributed by atoms with Gasteiger partial charge in [-0.1, -0.05) is 31.5 Å². The largest absolute Gasteiger partial charge is 0.313 e. The molecule has 0 spiro atoms. The van der Waals surface area contributed by atoms with Gasteiger partial charge in [0.1, 0.15) is 0 Å². The van der Waals surface area contributed by atoms with E-state index in [0.29, 0.717) is 6.04 Å². The number of hydrogen-bond donors (Lipinski definition) is 1. The van der Waals surface area contributed by atoms with Crippen molar-refractivity contribution >= 4 is 11.8 Å². The van der Waals surface area contributed by atoms with Crippen LogP contribution >= 0.6 is 11.8 Å². The summed E-state index contributed by atoms with van der Waals surface area (Å²) >= 11 is 1.97. The molecule has 0 radical (unpaired) electrons. The highest BCUT2D eigenvalue weighted by molar-refractivity contribution is 7.99. The van der Waals surface area contributed by atoms with Gasteiger partial charge in [-0.05, 0) is 38.4 Å². The first-order valence-corrected chi connectivity index (χ1v) is 7.09. The molecular formula is C14H23NS. The van der Waals surface area contributed by atoms with E-state index in [1.54, 1.807) is 0 Å². The average molecular weight is 237 g/mol. The lowest BCUT2D eigenvalue weighted by molar-refractivity contribution is 0.560. The summed E-state index contributed by atoms with van der Waals surface area (Å²) in [5, 5.41) is 3.51. The predicted molar refractivity (Wildman–Crippen MR) is 74.4 cm³/mol. The molecule has 0 saturated heterocycles. The third-order valence-electron chi connectivity index (χ3n) is 2.76. The second-order valence-corrected chi connectivity index (χ2v) is 5.30. The smallest absolute Gasteiger partial charge is 0.0158 e. The van der Waals surface area contributed by atoms with Crippen molar-refractivity contribution in [3.05, 3.63) is 29.3 Å². The maximum Gasteiger partial charge on any atom is 0.0158 e. The summed E-state index contributed by atoms with van der Waals surface area (Å²) in [6.07, 6.45) is 1.20. The quantitative estimate of drug-likeness (QED) is 0.756. The Morgan fingerprint density at radius 3 is 2.56 bits per heavy atom. The predicted octanol–water partition coefficient (Wildman–Crippen LogP) is 3.78. The molecule has 1 unspecified atom stereocenters. The molecule has 0 aliphatic rings. The minimum atomic E-state index is 0.635. The maximum absolute atomic E-state index is 3.51. The second-order valence-electron chi connectivity index (χ2n) is 4.24. The molecule has 0 heterocycles. The summed E-state index contributed by atoms with van der Waals surface area (Å²) in [7, 11) is 0. The van der Waals surface area contributed by atoms with E-state index < -0.39 is 0 Å². The maximum atomic E-state index is 3.51. The first kappa shape index (κ1) is 13.6. The lowest BCUT2D eigenvalue weighted by Crippen LogP contribution is -2.30. The van der Waals surface area contributed by atoms with E-state index in [-0.39, 0.29) is 0 Å². The number of nitrogens with one attached hydrogen (secondary N) is 1. The SMILES string of the molecule is CCNC(CC)CSc1ccc(C)cc1C. The van der Waals surface area contributed by atoms with Crippen LogP contribution in [0.25, 0.3) is 0 Å². The van der Waals surface area contributed by atoms with Crippen molar-refractivity contribution in [2.45, 2.75) is 45.1 Å². The fourth-order valence-corrected chi connectivity index (χ4v) is 2.95. The molecule has 0 aliphatic heterocycles. The molecule has 0 amide bonds. The molecule has 1 N–H and O–H groups in total. The van der Waals surface area contributed by atoms with Crippen molar-refractivity contribution in [3.8, 4) is 0 Å². The fourth-order valence-electron chi connectivity index (χ4n) is 1.76. The normalized spacial score (nSPS) is 12.8. The van der Waals surface area contributed by atoms with Crippen LogP contribution in [0, 0.1) is 13.8 Å². The van der Waals surface area contributed by atoms with Crippen LogP contribution in [-0.4, -0.2) is 18.3 Å². The molecular weight excluding hydrogens is 214 g/mol. The van der Waals surface area contributed by atoms with Crippen molar-refractivity contribution in [2.24, 2.45) is 0 Å². The molecule has 1 nitrogen and oxygen atoms in total. The molecule has 0 saturated carbocycles. The van der Waals surface area contributed by atoms with Crippen molar-refractivity contribution in [3.63, 3.8) is 0 Å². The van der Waals surface area contributed by atoms with E-state index in [2.05, 4.69) is 51.2 Å². The molecule has 16 heavy (non-hydrogen) atoms. The van der Waals surface area contributed by atoms with Gasteiger partial charge in [0.05, 0.1) is 0 Å². The van der Waals surface area contributed by atoms with E-state index in [1.165, 1.54) is 22.4 Å². The minimum absolute atomic E-state index is 0.635. The highest BCUT2D eigenvalue weighted by atomic mass is 32.2. The van der Waals surface area contributed by atoms with Crippen LogP contribution in [-0.2, 0) is 0 Å². The summed E-state index contributed by atoms with van der Waals surface area (Å²) in [4.78, 5) is 1.42. The van der Waals surface area contributed by atoms with Crippen LogP contribution in [0.3, 0.4) is 0 Å². The van der Waals surface area contributed by atoms with Gasteiger partial charge in [0.25, 0.3) is 0 Å². The number of rotatable bonds is 6. The molecule has 0 aromatic heterocycles. The number of aryl methyl sites for hydroxylation is 2. The zero-order valence-electron chi connectivity index (χ0n) is 10.8. The highest BCUT2D eigenvalue weighted by Crippen LogP contribution is 2.24. The van der Waals surface area contributed by atoms with Crippen LogP contribution in [0.15, 0.2) is 23.1 Å². The standard InChI is InChI=1S/C14H23NS/c1-5-13(15-6-2)10-16-14-8-7-11(3)9-12(14)4/h7-9,13,15H,5-6,10H2,1-4H3. The first-order valence-electron chi connectivity index (χ1n) is 6.10. The molecule has 0 bridgehead atoms. The van der Waals surface area contributed by atoms with Gasteiger partial charge >= 0.3 is 0 Å². The second kappa shape index (κ2) is 6.97. The van der Waals surface area contributed by atoms with E-state index in [1.807, 2.05) is 11.8 Å². The first-order chi connectivity index (χ1) is 7.67. The summed E-state index contributed by atoms with van der Waals surface area (Å²) in [6, 6.07) is 7.34. The van der Waals surface area contributed by atoms with E-state index in [4.69, 9.17) is 0 Å². The number of thioether (sulfide) groups is 1. The van der Waals surface area contributed by atoms with Crippen LogP contribution in [0.2, 0.25) is 0 Å². The van der Waals surface area contributed by atoms with Crippen molar-refractivity contribution in [2.75, 3.05) is 12.3 Å². The Labute approximate surface area is 104 Å². The molecule has 0 fully saturated rings. The van der Waals surface area contributed by atoms with Crippen LogP contribution in [0.4, 0.5) is 0 Å². The number of benzene rings is 1. The molecule has 1 aromatic carbocycles. The van der Waals surface area contributed by atoms with Gasteiger partial charge in [-0.2, -0.15) is 0 Å². The average Bonchev–Trinajstić information content (AvgIpc) is 2.26. The zero-order chi connectivity index (χ0) is 12.0. The Hall–Kier alpha value is -0.470. The van der Waals surface area contributed by atoms with E-state index in [0.717, 1.165) is 12.3 Å². The van der Waals surface area contributed by atoms with E-state index >= 15 is 0 Å². The Morgan fingerprint density at radius 2 is 2.00 bits per heavy atom. The van der Waals surface area contributed by atoms with Gasteiger partial charge in [0, 0.05) is 16.7 Å². The Kier molecular flexibility index (Phi) is 5.93. The molecule has 90 valence electrons. The lowest BCUT2D eigenvalue weighted by Gasteiger charge is -2.16. The Balaban J connectivity index is 2.53. The fraction of sp³-hybridized carbons (Fsp3) is 0.571. The van der Waals surface area contributed by atoms with Gasteiger partial charge in [-0.3, -0.25) is 0 Å². The summed E-state index contributed by atoms with van der Waals surface area (Å²) < 4.78 is 0. The molecule has 0 aliphatic carbocycles. The third-order valence-corrected chi connectivity index (χ3v) is 4.09.